The molecule has 0 aliphatic rings. The SMILES string of the molecule is CC(=O)c1cnc(-c2cc(O[C@@H](C)C(F)(F)F)c(C(=O)Nc3c(F)cccc3Cl)cc2F)cn1. The van der Waals surface area contributed by atoms with E-state index in [0.29, 0.717) is 13.0 Å². The van der Waals surface area contributed by atoms with Crippen molar-refractivity contribution in [1.82, 2.24) is 9.97 Å². The molecule has 0 unspecified atom stereocenters. The topological polar surface area (TPSA) is 81.2 Å². The number of nitrogens with zero attached hydrogens (tertiary/aromatic N) is 2. The molecule has 1 N–H and O–H groups in total. The largest absolute Gasteiger partial charge is 0.480 e. The van der Waals surface area contributed by atoms with Crippen molar-refractivity contribution < 1.29 is 36.3 Å². The van der Waals surface area contributed by atoms with Gasteiger partial charge in [0.1, 0.15) is 23.1 Å². The van der Waals surface area contributed by atoms with Crippen LogP contribution in [-0.4, -0.2) is 33.9 Å². The summed E-state index contributed by atoms with van der Waals surface area (Å²) < 4.78 is 73.3. The highest BCUT2D eigenvalue weighted by molar-refractivity contribution is 6.34. The summed E-state index contributed by atoms with van der Waals surface area (Å²) in [5.41, 5.74) is -1.57. The van der Waals surface area contributed by atoms with Crippen LogP contribution in [0.15, 0.2) is 42.7 Å². The van der Waals surface area contributed by atoms with Gasteiger partial charge in [-0.3, -0.25) is 14.6 Å². The van der Waals surface area contributed by atoms with Crippen molar-refractivity contribution in [2.24, 2.45) is 0 Å². The number of aromatic nitrogens is 2. The number of halogens is 6. The third kappa shape index (κ3) is 5.48. The average molecular weight is 500 g/mol. The highest BCUT2D eigenvalue weighted by atomic mass is 35.5. The molecular formula is C22H15ClF5N3O3. The predicted molar refractivity (Wildman–Crippen MR) is 113 cm³/mol. The lowest BCUT2D eigenvalue weighted by atomic mass is 10.1. The second-order valence-electron chi connectivity index (χ2n) is 7.02. The third-order valence-electron chi connectivity index (χ3n) is 4.57. The van der Waals surface area contributed by atoms with Crippen molar-refractivity contribution in [1.29, 1.82) is 0 Å². The number of amides is 1. The van der Waals surface area contributed by atoms with Crippen molar-refractivity contribution in [3.05, 3.63) is 70.6 Å². The van der Waals surface area contributed by atoms with Crippen LogP contribution in [0.1, 0.15) is 34.7 Å². The molecule has 1 amide bonds. The Labute approximate surface area is 194 Å². The Morgan fingerprint density at radius 2 is 1.79 bits per heavy atom. The van der Waals surface area contributed by atoms with E-state index in [1.807, 2.05) is 0 Å². The number of nitrogens with one attached hydrogen (secondary N) is 1. The number of anilines is 1. The molecule has 1 atom stereocenters. The van der Waals surface area contributed by atoms with Gasteiger partial charge in [-0.25, -0.2) is 13.8 Å². The maximum Gasteiger partial charge on any atom is 0.425 e. The fourth-order valence-corrected chi connectivity index (χ4v) is 2.94. The van der Waals surface area contributed by atoms with E-state index in [1.54, 1.807) is 0 Å². The Balaban J connectivity index is 2.08. The zero-order valence-corrected chi connectivity index (χ0v) is 18.3. The van der Waals surface area contributed by atoms with Gasteiger partial charge in [0.15, 0.2) is 11.9 Å². The van der Waals surface area contributed by atoms with Gasteiger partial charge in [-0.2, -0.15) is 13.2 Å². The minimum absolute atomic E-state index is 0.0101. The van der Waals surface area contributed by atoms with E-state index < -0.39 is 52.6 Å². The number of para-hydroxylation sites is 1. The molecule has 3 rings (SSSR count). The van der Waals surface area contributed by atoms with E-state index in [1.165, 1.54) is 19.1 Å². The standard InChI is InChI=1S/C22H15ClF5N3O3/c1-10(32)17-8-30-18(9-29-17)12-7-19(34-11(2)22(26,27)28)13(6-16(12)25)21(33)31-20-14(23)4-3-5-15(20)24/h3-9,11H,1-2H3,(H,31,33)/t11-/m0/s1. The van der Waals surface area contributed by atoms with Gasteiger partial charge in [-0.05, 0) is 31.2 Å². The zero-order valence-electron chi connectivity index (χ0n) is 17.5. The number of alkyl halides is 3. The smallest absolute Gasteiger partial charge is 0.425 e. The summed E-state index contributed by atoms with van der Waals surface area (Å²) >= 11 is 5.87. The molecule has 3 aromatic rings. The van der Waals surface area contributed by atoms with Crippen molar-refractivity contribution in [3.8, 4) is 17.0 Å². The van der Waals surface area contributed by atoms with Crippen LogP contribution >= 0.6 is 11.6 Å². The van der Waals surface area contributed by atoms with Crippen LogP contribution in [0.2, 0.25) is 5.02 Å². The van der Waals surface area contributed by atoms with E-state index in [0.717, 1.165) is 24.5 Å². The van der Waals surface area contributed by atoms with E-state index in [-0.39, 0.29) is 22.0 Å². The van der Waals surface area contributed by atoms with Gasteiger partial charge < -0.3 is 10.1 Å². The van der Waals surface area contributed by atoms with Gasteiger partial charge in [0.25, 0.3) is 5.91 Å². The molecule has 1 aromatic heterocycles. The molecule has 2 aromatic carbocycles. The first kappa shape index (κ1) is 25.0. The molecule has 0 saturated carbocycles. The van der Waals surface area contributed by atoms with Crippen molar-refractivity contribution >= 4 is 29.0 Å². The van der Waals surface area contributed by atoms with Crippen molar-refractivity contribution in [3.63, 3.8) is 0 Å². The molecule has 0 saturated heterocycles. The van der Waals surface area contributed by atoms with Crippen LogP contribution in [0.4, 0.5) is 27.6 Å². The Hall–Kier alpha value is -3.60. The number of hydrogen-bond donors (Lipinski definition) is 1. The Bertz CT molecular complexity index is 1230. The molecule has 6 nitrogen and oxygen atoms in total. The van der Waals surface area contributed by atoms with Gasteiger partial charge >= 0.3 is 6.18 Å². The quantitative estimate of drug-likeness (QED) is 0.339. The van der Waals surface area contributed by atoms with Gasteiger partial charge in [0.2, 0.25) is 0 Å². The van der Waals surface area contributed by atoms with E-state index in [9.17, 15) is 31.5 Å². The maximum absolute atomic E-state index is 14.9. The highest BCUT2D eigenvalue weighted by Gasteiger charge is 2.39. The van der Waals surface area contributed by atoms with Crippen LogP contribution in [-0.2, 0) is 0 Å². The first-order chi connectivity index (χ1) is 15.9. The van der Waals surface area contributed by atoms with Crippen LogP contribution in [0.25, 0.3) is 11.3 Å². The Kier molecular flexibility index (Phi) is 7.15. The van der Waals surface area contributed by atoms with Crippen molar-refractivity contribution in [2.45, 2.75) is 26.1 Å². The van der Waals surface area contributed by atoms with E-state index in [2.05, 4.69) is 15.3 Å². The van der Waals surface area contributed by atoms with Crippen LogP contribution in [0.3, 0.4) is 0 Å². The van der Waals surface area contributed by atoms with E-state index >= 15 is 0 Å². The fourth-order valence-electron chi connectivity index (χ4n) is 2.73. The summed E-state index contributed by atoms with van der Waals surface area (Å²) in [6.45, 7) is 1.93. The second kappa shape index (κ2) is 9.72. The molecule has 0 fully saturated rings. The first-order valence-corrected chi connectivity index (χ1v) is 9.92. The lowest BCUT2D eigenvalue weighted by Gasteiger charge is -2.20. The van der Waals surface area contributed by atoms with Gasteiger partial charge in [0, 0.05) is 12.5 Å². The monoisotopic (exact) mass is 499 g/mol. The Morgan fingerprint density at radius 3 is 2.35 bits per heavy atom. The molecule has 0 spiro atoms. The molecule has 34 heavy (non-hydrogen) atoms. The minimum Gasteiger partial charge on any atom is -0.480 e. The number of Topliss-reactive ketones (excluding diaryl/α,β-unsaturated/α-hetero) is 1. The molecular weight excluding hydrogens is 485 g/mol. The molecule has 0 aliphatic carbocycles. The summed E-state index contributed by atoms with van der Waals surface area (Å²) in [7, 11) is 0. The lowest BCUT2D eigenvalue weighted by Crippen LogP contribution is -2.32. The molecule has 0 radical (unpaired) electrons. The van der Waals surface area contributed by atoms with Crippen LogP contribution in [0, 0.1) is 11.6 Å². The third-order valence-corrected chi connectivity index (χ3v) is 4.88. The number of carbonyl (C=O) groups excluding carboxylic acids is 2. The number of ether oxygens (including phenoxy) is 1. The summed E-state index contributed by atoms with van der Waals surface area (Å²) in [6, 6.07) is 5.01. The first-order valence-electron chi connectivity index (χ1n) is 9.54. The lowest BCUT2D eigenvalue weighted by molar-refractivity contribution is -0.189. The molecule has 178 valence electrons. The number of hydrogen-bond acceptors (Lipinski definition) is 5. The molecule has 0 aliphatic heterocycles. The summed E-state index contributed by atoms with van der Waals surface area (Å²) in [4.78, 5) is 31.8. The minimum atomic E-state index is -4.81. The van der Waals surface area contributed by atoms with E-state index in [4.69, 9.17) is 16.3 Å². The summed E-state index contributed by atoms with van der Waals surface area (Å²) in [6.07, 6.45) is -5.07. The molecule has 1 heterocycles. The van der Waals surface area contributed by atoms with Crippen LogP contribution in [0.5, 0.6) is 5.75 Å². The second-order valence-corrected chi connectivity index (χ2v) is 7.43. The molecule has 12 heteroatoms. The van der Waals surface area contributed by atoms with Gasteiger partial charge in [-0.15, -0.1) is 0 Å². The number of rotatable bonds is 6. The molecule has 0 bridgehead atoms. The fraction of sp³-hybridized carbons (Fsp3) is 0.182. The van der Waals surface area contributed by atoms with Gasteiger partial charge in [-0.1, -0.05) is 17.7 Å². The highest BCUT2D eigenvalue weighted by Crippen LogP contribution is 2.34. The number of ketones is 1. The maximum atomic E-state index is 14.9. The normalized spacial score (nSPS) is 12.2. The van der Waals surface area contributed by atoms with Gasteiger partial charge in [0.05, 0.1) is 34.4 Å². The number of benzene rings is 2. The summed E-state index contributed by atoms with van der Waals surface area (Å²) in [5, 5.41) is 1.93. The number of carbonyl (C=O) groups is 2. The van der Waals surface area contributed by atoms with Crippen molar-refractivity contribution in [2.75, 3.05) is 5.32 Å². The zero-order chi connectivity index (χ0) is 25.2. The average Bonchev–Trinajstić information content (AvgIpc) is 2.76. The summed E-state index contributed by atoms with van der Waals surface area (Å²) in [5.74, 6) is -4.18. The predicted octanol–water partition coefficient (Wildman–Crippen LogP) is 5.86. The van der Waals surface area contributed by atoms with Crippen LogP contribution < -0.4 is 10.1 Å². The Morgan fingerprint density at radius 1 is 1.09 bits per heavy atom.